The van der Waals surface area contributed by atoms with E-state index in [1.54, 1.807) is 18.2 Å². The molecule has 1 rings (SSSR count). The molecule has 0 radical (unpaired) electrons. The molecule has 0 aromatic heterocycles. The Morgan fingerprint density at radius 2 is 2.06 bits per heavy atom. The summed E-state index contributed by atoms with van der Waals surface area (Å²) in [4.78, 5) is 0. The van der Waals surface area contributed by atoms with Gasteiger partial charge in [-0.2, -0.15) is 8.78 Å². The third-order valence-electron chi connectivity index (χ3n) is 2.45. The van der Waals surface area contributed by atoms with Gasteiger partial charge in [-0.15, -0.1) is 6.58 Å². The number of benzene rings is 1. The van der Waals surface area contributed by atoms with Crippen LogP contribution in [0.2, 0.25) is 0 Å². The molecular formula is C13H17F2NO. The van der Waals surface area contributed by atoms with Gasteiger partial charge in [0.15, 0.2) is 0 Å². The second-order valence-electron chi connectivity index (χ2n) is 3.86. The first-order valence-corrected chi connectivity index (χ1v) is 5.46. The van der Waals surface area contributed by atoms with E-state index in [2.05, 4.69) is 16.6 Å². The van der Waals surface area contributed by atoms with Crippen molar-refractivity contribution in [1.29, 1.82) is 0 Å². The van der Waals surface area contributed by atoms with Gasteiger partial charge in [-0.1, -0.05) is 18.2 Å². The molecule has 2 unspecified atom stereocenters. The highest BCUT2D eigenvalue weighted by Gasteiger charge is 2.10. The maximum absolute atomic E-state index is 12.1. The molecule has 4 heteroatoms. The standard InChI is InChI=1S/C13H17F2NO/c1-4-9(2)16-10(3)11-6-5-7-12(8-11)17-13(14)15/h4-10,13,16H,1H2,2-3H3. The average molecular weight is 241 g/mol. The third-order valence-corrected chi connectivity index (χ3v) is 2.45. The minimum absolute atomic E-state index is 0.0456. The Balaban J connectivity index is 2.73. The number of rotatable bonds is 6. The van der Waals surface area contributed by atoms with Crippen LogP contribution >= 0.6 is 0 Å². The average Bonchev–Trinajstić information content (AvgIpc) is 2.28. The Morgan fingerprint density at radius 3 is 2.65 bits per heavy atom. The number of alkyl halides is 2. The van der Waals surface area contributed by atoms with E-state index in [0.29, 0.717) is 0 Å². The van der Waals surface area contributed by atoms with Crippen molar-refractivity contribution in [3.05, 3.63) is 42.5 Å². The van der Waals surface area contributed by atoms with E-state index in [9.17, 15) is 8.78 Å². The molecule has 0 bridgehead atoms. The summed E-state index contributed by atoms with van der Waals surface area (Å²) in [7, 11) is 0. The van der Waals surface area contributed by atoms with Gasteiger partial charge >= 0.3 is 6.61 Å². The van der Waals surface area contributed by atoms with Crippen LogP contribution in [0.4, 0.5) is 8.78 Å². The Kier molecular flexibility index (Phi) is 5.10. The predicted molar refractivity (Wildman–Crippen MR) is 64.3 cm³/mol. The minimum Gasteiger partial charge on any atom is -0.435 e. The van der Waals surface area contributed by atoms with E-state index in [1.165, 1.54) is 6.07 Å². The molecule has 1 aromatic carbocycles. The Morgan fingerprint density at radius 1 is 1.35 bits per heavy atom. The summed E-state index contributed by atoms with van der Waals surface area (Å²) in [5.41, 5.74) is 0.900. The van der Waals surface area contributed by atoms with Crippen molar-refractivity contribution in [3.63, 3.8) is 0 Å². The zero-order valence-corrected chi connectivity index (χ0v) is 9.99. The molecule has 0 spiro atoms. The summed E-state index contributed by atoms with van der Waals surface area (Å²) in [6.45, 7) is 4.82. The highest BCUT2D eigenvalue weighted by Crippen LogP contribution is 2.20. The van der Waals surface area contributed by atoms with Crippen LogP contribution in [-0.2, 0) is 0 Å². The fourth-order valence-corrected chi connectivity index (χ4v) is 1.52. The van der Waals surface area contributed by atoms with Gasteiger partial charge in [-0.25, -0.2) is 0 Å². The second-order valence-corrected chi connectivity index (χ2v) is 3.86. The van der Waals surface area contributed by atoms with Gasteiger partial charge in [0.2, 0.25) is 0 Å². The predicted octanol–water partition coefficient (Wildman–Crippen LogP) is 3.51. The van der Waals surface area contributed by atoms with Gasteiger partial charge in [-0.05, 0) is 31.5 Å². The van der Waals surface area contributed by atoms with Crippen LogP contribution in [0.3, 0.4) is 0 Å². The fraction of sp³-hybridized carbons (Fsp3) is 0.385. The van der Waals surface area contributed by atoms with Crippen LogP contribution in [0.1, 0.15) is 25.5 Å². The van der Waals surface area contributed by atoms with Crippen molar-refractivity contribution in [2.75, 3.05) is 0 Å². The first kappa shape index (κ1) is 13.6. The SMILES string of the molecule is C=CC(C)NC(C)c1cccc(OC(F)F)c1. The number of ether oxygens (including phenoxy) is 1. The van der Waals surface area contributed by atoms with Crippen molar-refractivity contribution in [2.24, 2.45) is 0 Å². The Labute approximate surface area is 100 Å². The number of halogens is 2. The largest absolute Gasteiger partial charge is 0.435 e. The molecule has 2 atom stereocenters. The molecular weight excluding hydrogens is 224 g/mol. The van der Waals surface area contributed by atoms with Crippen molar-refractivity contribution in [2.45, 2.75) is 32.5 Å². The maximum atomic E-state index is 12.1. The summed E-state index contributed by atoms with van der Waals surface area (Å²) in [5.74, 6) is 0.178. The lowest BCUT2D eigenvalue weighted by Crippen LogP contribution is -2.26. The van der Waals surface area contributed by atoms with Gasteiger partial charge in [0.05, 0.1) is 0 Å². The molecule has 1 aromatic rings. The van der Waals surface area contributed by atoms with Gasteiger partial charge in [0, 0.05) is 12.1 Å². The molecule has 0 aliphatic carbocycles. The zero-order valence-electron chi connectivity index (χ0n) is 9.99. The summed E-state index contributed by atoms with van der Waals surface area (Å²) in [5, 5.41) is 3.27. The molecule has 17 heavy (non-hydrogen) atoms. The third kappa shape index (κ3) is 4.53. The molecule has 0 saturated carbocycles. The van der Waals surface area contributed by atoms with Gasteiger partial charge < -0.3 is 10.1 Å². The van der Waals surface area contributed by atoms with Crippen molar-refractivity contribution >= 4 is 0 Å². The summed E-state index contributed by atoms with van der Waals surface area (Å²) in [6, 6.07) is 6.89. The topological polar surface area (TPSA) is 21.3 Å². The van der Waals surface area contributed by atoms with E-state index in [4.69, 9.17) is 0 Å². The molecule has 0 amide bonds. The van der Waals surface area contributed by atoms with E-state index in [1.807, 2.05) is 19.9 Å². The molecule has 0 aliphatic heterocycles. The van der Waals surface area contributed by atoms with Crippen molar-refractivity contribution < 1.29 is 13.5 Å². The van der Waals surface area contributed by atoms with Crippen LogP contribution in [-0.4, -0.2) is 12.7 Å². The van der Waals surface area contributed by atoms with Gasteiger partial charge in [0.1, 0.15) is 5.75 Å². The van der Waals surface area contributed by atoms with Crippen LogP contribution in [0, 0.1) is 0 Å². The van der Waals surface area contributed by atoms with Crippen LogP contribution in [0.15, 0.2) is 36.9 Å². The van der Waals surface area contributed by atoms with Crippen LogP contribution in [0.5, 0.6) is 5.75 Å². The summed E-state index contributed by atoms with van der Waals surface area (Å²) in [6.07, 6.45) is 1.79. The molecule has 94 valence electrons. The molecule has 0 aliphatic rings. The molecule has 2 nitrogen and oxygen atoms in total. The molecule has 0 saturated heterocycles. The second kappa shape index (κ2) is 6.35. The number of nitrogens with one attached hydrogen (secondary N) is 1. The lowest BCUT2D eigenvalue weighted by Gasteiger charge is -2.18. The first-order chi connectivity index (χ1) is 8.02. The fourth-order valence-electron chi connectivity index (χ4n) is 1.52. The van der Waals surface area contributed by atoms with E-state index >= 15 is 0 Å². The Bertz CT molecular complexity index is 368. The minimum atomic E-state index is -2.79. The Hall–Kier alpha value is -1.42. The van der Waals surface area contributed by atoms with E-state index in [0.717, 1.165) is 5.56 Å². The highest BCUT2D eigenvalue weighted by molar-refractivity contribution is 5.30. The normalized spacial score (nSPS) is 14.4. The quantitative estimate of drug-likeness (QED) is 0.769. The van der Waals surface area contributed by atoms with Gasteiger partial charge in [0.25, 0.3) is 0 Å². The highest BCUT2D eigenvalue weighted by atomic mass is 19.3. The van der Waals surface area contributed by atoms with E-state index < -0.39 is 6.61 Å². The van der Waals surface area contributed by atoms with Gasteiger partial charge in [-0.3, -0.25) is 0 Å². The maximum Gasteiger partial charge on any atom is 0.387 e. The monoisotopic (exact) mass is 241 g/mol. The smallest absolute Gasteiger partial charge is 0.387 e. The van der Waals surface area contributed by atoms with Crippen LogP contribution in [0.25, 0.3) is 0 Å². The molecule has 1 N–H and O–H groups in total. The lowest BCUT2D eigenvalue weighted by atomic mass is 10.1. The number of hydrogen-bond acceptors (Lipinski definition) is 2. The van der Waals surface area contributed by atoms with Crippen molar-refractivity contribution in [3.8, 4) is 5.75 Å². The lowest BCUT2D eigenvalue weighted by molar-refractivity contribution is -0.0499. The first-order valence-electron chi connectivity index (χ1n) is 5.46. The van der Waals surface area contributed by atoms with Crippen LogP contribution < -0.4 is 10.1 Å². The molecule has 0 heterocycles. The number of hydrogen-bond donors (Lipinski definition) is 1. The summed E-state index contributed by atoms with van der Waals surface area (Å²) < 4.78 is 28.5. The molecule has 0 fully saturated rings. The zero-order chi connectivity index (χ0) is 12.8. The van der Waals surface area contributed by atoms with Crippen molar-refractivity contribution in [1.82, 2.24) is 5.32 Å². The van der Waals surface area contributed by atoms with E-state index in [-0.39, 0.29) is 17.8 Å². The summed E-state index contributed by atoms with van der Waals surface area (Å²) >= 11 is 0.